The van der Waals surface area contributed by atoms with Crippen LogP contribution in [0.15, 0.2) is 18.7 Å². The lowest BCUT2D eigenvalue weighted by Crippen LogP contribution is -2.47. The molecule has 3 heteroatoms. The maximum absolute atomic E-state index is 10.7. The highest BCUT2D eigenvalue weighted by Crippen LogP contribution is 2.59. The van der Waals surface area contributed by atoms with Crippen molar-refractivity contribution in [1.82, 2.24) is 9.97 Å². The lowest BCUT2D eigenvalue weighted by atomic mass is 9.50. The van der Waals surface area contributed by atoms with Crippen LogP contribution in [0.5, 0.6) is 0 Å². The Bertz CT molecular complexity index is 405. The number of rotatable bonds is 2. The summed E-state index contributed by atoms with van der Waals surface area (Å²) in [5.74, 6) is 3.88. The van der Waals surface area contributed by atoms with Crippen LogP contribution in [0.2, 0.25) is 0 Å². The van der Waals surface area contributed by atoms with E-state index in [1.165, 1.54) is 38.4 Å². The SMILES string of the molecule is OC(c1cncnc1)C1C2CC3CC(C2)CC1C3. The number of hydrogen-bond donors (Lipinski definition) is 1. The molecular formula is C15H20N2O. The van der Waals surface area contributed by atoms with Gasteiger partial charge in [-0.3, -0.25) is 0 Å². The first-order valence-corrected chi connectivity index (χ1v) is 7.24. The number of aromatic nitrogens is 2. The van der Waals surface area contributed by atoms with Gasteiger partial charge in [-0.25, -0.2) is 9.97 Å². The summed E-state index contributed by atoms with van der Waals surface area (Å²) in [5, 5.41) is 10.7. The molecule has 0 amide bonds. The molecular weight excluding hydrogens is 224 g/mol. The lowest BCUT2D eigenvalue weighted by Gasteiger charge is -2.55. The van der Waals surface area contributed by atoms with Crippen LogP contribution in [-0.2, 0) is 0 Å². The molecule has 96 valence electrons. The van der Waals surface area contributed by atoms with Gasteiger partial charge in [-0.1, -0.05) is 0 Å². The van der Waals surface area contributed by atoms with E-state index in [9.17, 15) is 5.11 Å². The second-order valence-electron chi connectivity index (χ2n) is 6.62. The van der Waals surface area contributed by atoms with Gasteiger partial charge in [0, 0.05) is 18.0 Å². The molecule has 5 rings (SSSR count). The van der Waals surface area contributed by atoms with Crippen LogP contribution in [0.3, 0.4) is 0 Å². The molecule has 18 heavy (non-hydrogen) atoms. The minimum absolute atomic E-state index is 0.346. The van der Waals surface area contributed by atoms with Crippen molar-refractivity contribution in [3.05, 3.63) is 24.3 Å². The molecule has 0 radical (unpaired) electrons. The van der Waals surface area contributed by atoms with Gasteiger partial charge in [0.05, 0.1) is 6.10 Å². The fraction of sp³-hybridized carbons (Fsp3) is 0.733. The minimum Gasteiger partial charge on any atom is -0.388 e. The zero-order valence-corrected chi connectivity index (χ0v) is 10.6. The van der Waals surface area contributed by atoms with E-state index in [1.807, 2.05) is 0 Å². The predicted molar refractivity (Wildman–Crippen MR) is 67.5 cm³/mol. The molecule has 1 heterocycles. The van der Waals surface area contributed by atoms with Crippen molar-refractivity contribution < 1.29 is 5.11 Å². The zero-order valence-electron chi connectivity index (χ0n) is 10.6. The van der Waals surface area contributed by atoms with E-state index in [0.717, 1.165) is 29.2 Å². The number of aliphatic hydroxyl groups excluding tert-OH is 1. The third-order valence-electron chi connectivity index (χ3n) is 5.59. The standard InChI is InChI=1S/C15H20N2O/c18-15(13-6-16-8-17-7-13)14-11-2-9-1-10(4-11)5-12(14)3-9/h6-12,14-15,18H,1-5H2. The molecule has 1 aromatic heterocycles. The van der Waals surface area contributed by atoms with Crippen molar-refractivity contribution in [2.75, 3.05) is 0 Å². The predicted octanol–water partition coefficient (Wildman–Crippen LogP) is 2.58. The summed E-state index contributed by atoms with van der Waals surface area (Å²) in [6.07, 6.45) is 11.6. The quantitative estimate of drug-likeness (QED) is 0.869. The molecule has 4 aliphatic carbocycles. The average Bonchev–Trinajstić information content (AvgIpc) is 2.38. The summed E-state index contributed by atoms with van der Waals surface area (Å²) in [6.45, 7) is 0. The topological polar surface area (TPSA) is 46.0 Å². The Kier molecular flexibility index (Phi) is 2.44. The van der Waals surface area contributed by atoms with Crippen LogP contribution >= 0.6 is 0 Å². The first-order valence-electron chi connectivity index (χ1n) is 7.24. The molecule has 4 aliphatic rings. The van der Waals surface area contributed by atoms with Crippen LogP contribution < -0.4 is 0 Å². The van der Waals surface area contributed by atoms with E-state index in [1.54, 1.807) is 12.4 Å². The molecule has 4 bridgehead atoms. The maximum Gasteiger partial charge on any atom is 0.115 e. The van der Waals surface area contributed by atoms with Crippen LogP contribution in [-0.4, -0.2) is 15.1 Å². The molecule has 3 nitrogen and oxygen atoms in total. The van der Waals surface area contributed by atoms with Crippen molar-refractivity contribution in [2.24, 2.45) is 29.6 Å². The molecule has 4 fully saturated rings. The Morgan fingerprint density at radius 1 is 0.944 bits per heavy atom. The van der Waals surface area contributed by atoms with Gasteiger partial charge in [0.1, 0.15) is 6.33 Å². The van der Waals surface area contributed by atoms with Crippen molar-refractivity contribution in [2.45, 2.75) is 38.2 Å². The molecule has 0 spiro atoms. The van der Waals surface area contributed by atoms with E-state index >= 15 is 0 Å². The first-order chi connectivity index (χ1) is 8.81. The Hall–Kier alpha value is -0.960. The maximum atomic E-state index is 10.7. The van der Waals surface area contributed by atoms with Crippen molar-refractivity contribution >= 4 is 0 Å². The second-order valence-corrected chi connectivity index (χ2v) is 6.62. The first kappa shape index (κ1) is 10.9. The third-order valence-corrected chi connectivity index (χ3v) is 5.59. The molecule has 0 aliphatic heterocycles. The van der Waals surface area contributed by atoms with Gasteiger partial charge in [-0.05, 0) is 61.7 Å². The summed E-state index contributed by atoms with van der Waals surface area (Å²) in [7, 11) is 0. The zero-order chi connectivity index (χ0) is 12.1. The minimum atomic E-state index is -0.346. The molecule has 4 saturated carbocycles. The van der Waals surface area contributed by atoms with Crippen LogP contribution in [0.1, 0.15) is 43.8 Å². The van der Waals surface area contributed by atoms with E-state index in [0.29, 0.717) is 5.92 Å². The summed E-state index contributed by atoms with van der Waals surface area (Å²) in [4.78, 5) is 8.09. The highest BCUT2D eigenvalue weighted by atomic mass is 16.3. The number of hydrogen-bond acceptors (Lipinski definition) is 3. The Morgan fingerprint density at radius 3 is 2.06 bits per heavy atom. The van der Waals surface area contributed by atoms with Gasteiger partial charge in [0.15, 0.2) is 0 Å². The van der Waals surface area contributed by atoms with Crippen LogP contribution in [0.25, 0.3) is 0 Å². The lowest BCUT2D eigenvalue weighted by molar-refractivity contribution is -0.0909. The van der Waals surface area contributed by atoms with Gasteiger partial charge in [0.2, 0.25) is 0 Å². The van der Waals surface area contributed by atoms with Gasteiger partial charge < -0.3 is 5.11 Å². The van der Waals surface area contributed by atoms with E-state index < -0.39 is 0 Å². The molecule has 1 unspecified atom stereocenters. The van der Waals surface area contributed by atoms with Gasteiger partial charge in [-0.2, -0.15) is 0 Å². The smallest absolute Gasteiger partial charge is 0.115 e. The third kappa shape index (κ3) is 1.60. The normalized spacial score (nSPS) is 43.1. The fourth-order valence-corrected chi connectivity index (χ4v) is 5.17. The monoisotopic (exact) mass is 244 g/mol. The average molecular weight is 244 g/mol. The second kappa shape index (κ2) is 4.02. The summed E-state index contributed by atoms with van der Waals surface area (Å²) < 4.78 is 0. The number of aliphatic hydroxyl groups is 1. The van der Waals surface area contributed by atoms with Crippen LogP contribution in [0, 0.1) is 29.6 Å². The Morgan fingerprint density at radius 2 is 1.50 bits per heavy atom. The van der Waals surface area contributed by atoms with Gasteiger partial charge in [0.25, 0.3) is 0 Å². The van der Waals surface area contributed by atoms with Crippen molar-refractivity contribution in [3.8, 4) is 0 Å². The highest BCUT2D eigenvalue weighted by molar-refractivity contribution is 5.12. The largest absolute Gasteiger partial charge is 0.388 e. The van der Waals surface area contributed by atoms with Crippen molar-refractivity contribution in [3.63, 3.8) is 0 Å². The Labute approximate surface area is 108 Å². The van der Waals surface area contributed by atoms with E-state index in [4.69, 9.17) is 0 Å². The van der Waals surface area contributed by atoms with E-state index in [2.05, 4.69) is 9.97 Å². The van der Waals surface area contributed by atoms with E-state index in [-0.39, 0.29) is 6.10 Å². The summed E-state index contributed by atoms with van der Waals surface area (Å²) in [5.41, 5.74) is 0.912. The molecule has 0 saturated heterocycles. The highest BCUT2D eigenvalue weighted by Gasteiger charge is 2.50. The summed E-state index contributed by atoms with van der Waals surface area (Å²) in [6, 6.07) is 0. The van der Waals surface area contributed by atoms with Gasteiger partial charge >= 0.3 is 0 Å². The molecule has 0 aromatic carbocycles. The molecule has 1 atom stereocenters. The van der Waals surface area contributed by atoms with Crippen molar-refractivity contribution in [1.29, 1.82) is 0 Å². The van der Waals surface area contributed by atoms with Crippen LogP contribution in [0.4, 0.5) is 0 Å². The van der Waals surface area contributed by atoms with Gasteiger partial charge in [-0.15, -0.1) is 0 Å². The summed E-state index contributed by atoms with van der Waals surface area (Å²) >= 11 is 0. The number of nitrogens with zero attached hydrogens (tertiary/aromatic N) is 2. The molecule has 1 aromatic rings. The molecule has 1 N–H and O–H groups in total. The fourth-order valence-electron chi connectivity index (χ4n) is 5.17. The Balaban J connectivity index is 1.61.